The van der Waals surface area contributed by atoms with E-state index in [9.17, 15) is 4.79 Å². The number of nitrogens with one attached hydrogen (secondary N) is 1. The van der Waals surface area contributed by atoms with Gasteiger partial charge in [-0.05, 0) is 30.7 Å². The molecule has 3 aromatic rings. The van der Waals surface area contributed by atoms with Crippen LogP contribution in [-0.2, 0) is 4.79 Å². The number of nitrogens with zero attached hydrogens (tertiary/aromatic N) is 1. The summed E-state index contributed by atoms with van der Waals surface area (Å²) < 4.78 is 10.5. The Morgan fingerprint density at radius 1 is 1.11 bits per heavy atom. The molecule has 0 saturated carbocycles. The molecule has 5 nitrogen and oxygen atoms in total. The minimum Gasteiger partial charge on any atom is -0.497 e. The summed E-state index contributed by atoms with van der Waals surface area (Å²) in [7, 11) is 3.16. The molecule has 1 atom stereocenters. The molecule has 1 N–H and O–H groups in total. The first-order valence-corrected chi connectivity index (χ1v) is 9.58. The summed E-state index contributed by atoms with van der Waals surface area (Å²) in [6.45, 7) is 1.99. The molecule has 0 fully saturated rings. The van der Waals surface area contributed by atoms with Crippen molar-refractivity contribution in [3.8, 4) is 11.5 Å². The van der Waals surface area contributed by atoms with Crippen LogP contribution in [0.4, 0.5) is 5.69 Å². The highest BCUT2D eigenvalue weighted by molar-refractivity contribution is 8.00. The van der Waals surface area contributed by atoms with E-state index in [1.807, 2.05) is 43.3 Å². The second-order valence-electron chi connectivity index (χ2n) is 5.91. The Balaban J connectivity index is 1.75. The molecule has 0 bridgehead atoms. The maximum Gasteiger partial charge on any atom is 0.238 e. The van der Waals surface area contributed by atoms with E-state index in [0.29, 0.717) is 23.6 Å². The molecule has 6 heteroatoms. The molecule has 27 heavy (non-hydrogen) atoms. The van der Waals surface area contributed by atoms with Crippen molar-refractivity contribution < 1.29 is 14.3 Å². The van der Waals surface area contributed by atoms with Gasteiger partial charge in [-0.3, -0.25) is 4.79 Å². The van der Waals surface area contributed by atoms with Crippen LogP contribution in [-0.4, -0.2) is 30.4 Å². The second-order valence-corrected chi connectivity index (χ2v) is 7.14. The number of ether oxygens (including phenoxy) is 2. The fourth-order valence-electron chi connectivity index (χ4n) is 2.70. The number of anilines is 1. The first-order valence-electron chi connectivity index (χ1n) is 8.70. The number of carbonyl (C=O) groups excluding carboxylic acids is 1. The van der Waals surface area contributed by atoms with E-state index in [1.165, 1.54) is 11.8 Å². The number of hydrogen-bond donors (Lipinski definition) is 1. The van der Waals surface area contributed by atoms with Gasteiger partial charge in [0.2, 0.25) is 5.91 Å². The molecule has 0 spiro atoms. The largest absolute Gasteiger partial charge is 0.497 e. The van der Waals surface area contributed by atoms with Crippen LogP contribution in [0, 0.1) is 0 Å². The maximum atomic E-state index is 12.8. The number of benzene rings is 2. The highest BCUT2D eigenvalue weighted by Crippen LogP contribution is 2.31. The summed E-state index contributed by atoms with van der Waals surface area (Å²) in [6, 6.07) is 17.2. The Hall–Kier alpha value is -2.73. The van der Waals surface area contributed by atoms with Gasteiger partial charge in [-0.25, -0.2) is 4.98 Å². The maximum absolute atomic E-state index is 12.8. The third-order valence-electron chi connectivity index (χ3n) is 4.17. The van der Waals surface area contributed by atoms with Gasteiger partial charge in [-0.2, -0.15) is 0 Å². The zero-order valence-corrected chi connectivity index (χ0v) is 16.4. The average molecular weight is 382 g/mol. The van der Waals surface area contributed by atoms with Crippen LogP contribution in [0.15, 0.2) is 59.6 Å². The zero-order chi connectivity index (χ0) is 19.2. The number of carbonyl (C=O) groups is 1. The second kappa shape index (κ2) is 8.77. The molecule has 1 amide bonds. The number of fused-ring (bicyclic) bond motifs is 1. The summed E-state index contributed by atoms with van der Waals surface area (Å²) >= 11 is 1.46. The van der Waals surface area contributed by atoms with Crippen LogP contribution in [0.2, 0.25) is 0 Å². The van der Waals surface area contributed by atoms with Gasteiger partial charge < -0.3 is 14.8 Å². The van der Waals surface area contributed by atoms with Crippen molar-refractivity contribution >= 4 is 34.3 Å². The van der Waals surface area contributed by atoms with Crippen LogP contribution < -0.4 is 14.8 Å². The van der Waals surface area contributed by atoms with E-state index < -0.39 is 0 Å². The predicted octanol–water partition coefficient (Wildman–Crippen LogP) is 4.76. The standard InChI is InChI=1S/C21H22N2O3S/c1-4-19(27-20-12-9-14-7-5-6-8-16(14)22-20)21(24)23-17-11-10-15(25-2)13-18(17)26-3/h5-13,19H,4H2,1-3H3,(H,23,24). The molecule has 140 valence electrons. The summed E-state index contributed by atoms with van der Waals surface area (Å²) in [5.74, 6) is 1.15. The number of thioether (sulfide) groups is 1. The summed E-state index contributed by atoms with van der Waals surface area (Å²) in [4.78, 5) is 17.4. The monoisotopic (exact) mass is 382 g/mol. The molecule has 0 aliphatic carbocycles. The van der Waals surface area contributed by atoms with E-state index >= 15 is 0 Å². The third-order valence-corrected chi connectivity index (χ3v) is 5.47. The first-order chi connectivity index (χ1) is 13.1. The molecule has 1 aromatic heterocycles. The summed E-state index contributed by atoms with van der Waals surface area (Å²) in [5, 5.41) is 4.61. The third kappa shape index (κ3) is 4.52. The van der Waals surface area contributed by atoms with Gasteiger partial charge in [-0.15, -0.1) is 0 Å². The molecule has 3 rings (SSSR count). The van der Waals surface area contributed by atoms with Gasteiger partial charge in [0.1, 0.15) is 11.5 Å². The van der Waals surface area contributed by atoms with Gasteiger partial charge in [0.15, 0.2) is 0 Å². The Morgan fingerprint density at radius 2 is 1.93 bits per heavy atom. The van der Waals surface area contributed by atoms with Crippen LogP contribution in [0.3, 0.4) is 0 Å². The number of aromatic nitrogens is 1. The normalized spacial score (nSPS) is 11.8. The Bertz CT molecular complexity index is 946. The summed E-state index contributed by atoms with van der Waals surface area (Å²) in [5.41, 5.74) is 1.54. The van der Waals surface area contributed by atoms with Crippen molar-refractivity contribution in [1.29, 1.82) is 0 Å². The number of rotatable bonds is 7. The number of pyridine rings is 1. The molecule has 0 saturated heterocycles. The van der Waals surface area contributed by atoms with Crippen LogP contribution in [0.25, 0.3) is 10.9 Å². The minimum absolute atomic E-state index is 0.0825. The Labute approximate surface area is 163 Å². The van der Waals surface area contributed by atoms with Crippen molar-refractivity contribution in [3.05, 3.63) is 54.6 Å². The van der Waals surface area contributed by atoms with Crippen LogP contribution in [0.1, 0.15) is 13.3 Å². The van der Waals surface area contributed by atoms with Crippen molar-refractivity contribution in [2.45, 2.75) is 23.6 Å². The van der Waals surface area contributed by atoms with E-state index in [1.54, 1.807) is 32.4 Å². The van der Waals surface area contributed by atoms with Gasteiger partial charge in [0.25, 0.3) is 0 Å². The zero-order valence-electron chi connectivity index (χ0n) is 15.6. The molecule has 0 aliphatic rings. The van der Waals surface area contributed by atoms with Crippen molar-refractivity contribution in [2.24, 2.45) is 0 Å². The lowest BCUT2D eigenvalue weighted by molar-refractivity contribution is -0.115. The van der Waals surface area contributed by atoms with E-state index in [-0.39, 0.29) is 11.2 Å². The molecule has 1 heterocycles. The molecular weight excluding hydrogens is 360 g/mol. The molecule has 0 aliphatic heterocycles. The van der Waals surface area contributed by atoms with Crippen molar-refractivity contribution in [2.75, 3.05) is 19.5 Å². The van der Waals surface area contributed by atoms with Crippen LogP contribution >= 0.6 is 11.8 Å². The molecule has 0 radical (unpaired) electrons. The lowest BCUT2D eigenvalue weighted by atomic mass is 10.2. The molecular formula is C21H22N2O3S. The van der Waals surface area contributed by atoms with Gasteiger partial charge in [0, 0.05) is 11.5 Å². The van der Waals surface area contributed by atoms with E-state index in [2.05, 4.69) is 10.3 Å². The fraction of sp³-hybridized carbons (Fsp3) is 0.238. The Morgan fingerprint density at radius 3 is 2.67 bits per heavy atom. The molecule has 1 unspecified atom stereocenters. The number of methoxy groups -OCH3 is 2. The van der Waals surface area contributed by atoms with Crippen LogP contribution in [0.5, 0.6) is 11.5 Å². The topological polar surface area (TPSA) is 60.5 Å². The smallest absolute Gasteiger partial charge is 0.238 e. The molecule has 2 aromatic carbocycles. The number of hydrogen-bond acceptors (Lipinski definition) is 5. The quantitative estimate of drug-likeness (QED) is 0.597. The average Bonchev–Trinajstić information content (AvgIpc) is 2.72. The number of amides is 1. The number of para-hydroxylation sites is 1. The fourth-order valence-corrected chi connectivity index (χ4v) is 3.62. The highest BCUT2D eigenvalue weighted by Gasteiger charge is 2.20. The highest BCUT2D eigenvalue weighted by atomic mass is 32.2. The van der Waals surface area contributed by atoms with Crippen molar-refractivity contribution in [3.63, 3.8) is 0 Å². The lowest BCUT2D eigenvalue weighted by Crippen LogP contribution is -2.25. The Kier molecular flexibility index (Phi) is 6.19. The summed E-state index contributed by atoms with van der Waals surface area (Å²) in [6.07, 6.45) is 0.684. The van der Waals surface area contributed by atoms with Gasteiger partial charge >= 0.3 is 0 Å². The SMILES string of the molecule is CCC(Sc1ccc2ccccc2n1)C(=O)Nc1ccc(OC)cc1OC. The first kappa shape index (κ1) is 19.0. The van der Waals surface area contributed by atoms with E-state index in [0.717, 1.165) is 15.9 Å². The van der Waals surface area contributed by atoms with E-state index in [4.69, 9.17) is 9.47 Å². The minimum atomic E-state index is -0.259. The lowest BCUT2D eigenvalue weighted by Gasteiger charge is -2.16. The van der Waals surface area contributed by atoms with Crippen molar-refractivity contribution in [1.82, 2.24) is 4.98 Å². The van der Waals surface area contributed by atoms with Gasteiger partial charge in [-0.1, -0.05) is 43.0 Å². The predicted molar refractivity (Wildman–Crippen MR) is 110 cm³/mol. The van der Waals surface area contributed by atoms with Gasteiger partial charge in [0.05, 0.1) is 35.7 Å².